The monoisotopic (exact) mass is 488 g/mol. The lowest BCUT2D eigenvalue weighted by Gasteiger charge is -2.32. The molecule has 36 heavy (non-hydrogen) atoms. The van der Waals surface area contributed by atoms with Crippen LogP contribution in [0.1, 0.15) is 37.0 Å². The molecule has 6 nitrogen and oxygen atoms in total. The van der Waals surface area contributed by atoms with Crippen molar-refractivity contribution < 1.29 is 19.1 Å². The largest absolute Gasteiger partial charge is 0.497 e. The van der Waals surface area contributed by atoms with Crippen molar-refractivity contribution in [2.75, 3.05) is 14.2 Å². The second-order valence-corrected chi connectivity index (χ2v) is 8.92. The van der Waals surface area contributed by atoms with Crippen molar-refractivity contribution >= 4 is 11.8 Å². The highest BCUT2D eigenvalue weighted by molar-refractivity contribution is 5.89. The van der Waals surface area contributed by atoms with Crippen LogP contribution in [0.4, 0.5) is 0 Å². The van der Waals surface area contributed by atoms with Gasteiger partial charge >= 0.3 is 0 Å². The van der Waals surface area contributed by atoms with Gasteiger partial charge in [-0.25, -0.2) is 0 Å². The lowest BCUT2D eigenvalue weighted by molar-refractivity contribution is -0.141. The molecular formula is C30H36N2O4. The SMILES string of the molecule is CC[C@H](C)NC(=O)[C@H](Cc1ccccc1)N(Cc1cccc(OC)c1)C(=O)Cc1ccc(OC)cc1. The van der Waals surface area contributed by atoms with Crippen LogP contribution in [0.5, 0.6) is 11.5 Å². The molecule has 0 radical (unpaired) electrons. The number of nitrogens with zero attached hydrogens (tertiary/aromatic N) is 1. The zero-order valence-electron chi connectivity index (χ0n) is 21.6. The van der Waals surface area contributed by atoms with Crippen molar-refractivity contribution in [2.24, 2.45) is 0 Å². The van der Waals surface area contributed by atoms with Crippen LogP contribution in [0.2, 0.25) is 0 Å². The van der Waals surface area contributed by atoms with E-state index in [1.54, 1.807) is 19.1 Å². The molecule has 190 valence electrons. The molecule has 0 bridgehead atoms. The Bertz CT molecular complexity index is 1120. The van der Waals surface area contributed by atoms with Crippen LogP contribution in [0.25, 0.3) is 0 Å². The number of nitrogens with one attached hydrogen (secondary N) is 1. The van der Waals surface area contributed by atoms with Crippen LogP contribution in [0, 0.1) is 0 Å². The Labute approximate surface area is 214 Å². The van der Waals surface area contributed by atoms with Crippen LogP contribution < -0.4 is 14.8 Å². The van der Waals surface area contributed by atoms with Crippen LogP contribution in [0.15, 0.2) is 78.9 Å². The third-order valence-electron chi connectivity index (χ3n) is 6.27. The number of hydrogen-bond acceptors (Lipinski definition) is 4. The minimum Gasteiger partial charge on any atom is -0.497 e. The summed E-state index contributed by atoms with van der Waals surface area (Å²) in [7, 11) is 3.23. The van der Waals surface area contributed by atoms with E-state index in [0.29, 0.717) is 12.2 Å². The Morgan fingerprint density at radius 3 is 2.14 bits per heavy atom. The van der Waals surface area contributed by atoms with Crippen molar-refractivity contribution in [3.8, 4) is 11.5 Å². The molecule has 0 aliphatic rings. The summed E-state index contributed by atoms with van der Waals surface area (Å²) in [6, 6.07) is 24.2. The molecule has 0 aliphatic carbocycles. The van der Waals surface area contributed by atoms with Gasteiger partial charge in [-0.2, -0.15) is 0 Å². The van der Waals surface area contributed by atoms with Gasteiger partial charge in [0.1, 0.15) is 17.5 Å². The minimum atomic E-state index is -0.668. The Morgan fingerprint density at radius 2 is 1.50 bits per heavy atom. The van der Waals surface area contributed by atoms with Gasteiger partial charge in [0.15, 0.2) is 0 Å². The number of carbonyl (C=O) groups excluding carboxylic acids is 2. The first-order chi connectivity index (χ1) is 17.4. The van der Waals surface area contributed by atoms with Crippen molar-refractivity contribution in [2.45, 2.75) is 51.7 Å². The van der Waals surface area contributed by atoms with E-state index in [1.807, 2.05) is 92.7 Å². The van der Waals surface area contributed by atoms with Crippen LogP contribution in [0.3, 0.4) is 0 Å². The van der Waals surface area contributed by atoms with Crippen LogP contribution in [-0.4, -0.2) is 43.0 Å². The Balaban J connectivity index is 1.97. The Kier molecular flexibility index (Phi) is 9.92. The molecule has 0 aliphatic heterocycles. The summed E-state index contributed by atoms with van der Waals surface area (Å²) in [6.45, 7) is 4.29. The van der Waals surface area contributed by atoms with E-state index >= 15 is 0 Å². The average Bonchev–Trinajstić information content (AvgIpc) is 2.91. The Hall–Kier alpha value is -3.80. The molecule has 3 aromatic carbocycles. The normalized spacial score (nSPS) is 12.3. The van der Waals surface area contributed by atoms with Gasteiger partial charge in [0.2, 0.25) is 11.8 Å². The van der Waals surface area contributed by atoms with Crippen molar-refractivity contribution in [3.63, 3.8) is 0 Å². The second kappa shape index (κ2) is 13.3. The van der Waals surface area contributed by atoms with E-state index in [9.17, 15) is 9.59 Å². The Morgan fingerprint density at radius 1 is 0.833 bits per heavy atom. The highest BCUT2D eigenvalue weighted by Gasteiger charge is 2.31. The number of amides is 2. The third-order valence-corrected chi connectivity index (χ3v) is 6.27. The van der Waals surface area contributed by atoms with Crippen molar-refractivity contribution in [3.05, 3.63) is 95.6 Å². The first kappa shape index (κ1) is 26.8. The third kappa shape index (κ3) is 7.60. The average molecular weight is 489 g/mol. The fraction of sp³-hybridized carbons (Fsp3) is 0.333. The molecule has 0 heterocycles. The summed E-state index contributed by atoms with van der Waals surface area (Å²) in [4.78, 5) is 29.1. The van der Waals surface area contributed by atoms with E-state index in [0.717, 1.165) is 28.9 Å². The lowest BCUT2D eigenvalue weighted by Crippen LogP contribution is -2.52. The zero-order chi connectivity index (χ0) is 25.9. The molecule has 0 unspecified atom stereocenters. The number of carbonyl (C=O) groups is 2. The van der Waals surface area contributed by atoms with Crippen LogP contribution in [-0.2, 0) is 29.0 Å². The van der Waals surface area contributed by atoms with Crippen LogP contribution >= 0.6 is 0 Å². The molecule has 0 spiro atoms. The molecule has 6 heteroatoms. The smallest absolute Gasteiger partial charge is 0.243 e. The highest BCUT2D eigenvalue weighted by Crippen LogP contribution is 2.20. The van der Waals surface area contributed by atoms with E-state index in [4.69, 9.17) is 9.47 Å². The summed E-state index contributed by atoms with van der Waals surface area (Å²) in [5.41, 5.74) is 2.75. The van der Waals surface area contributed by atoms with Gasteiger partial charge in [0.05, 0.1) is 20.6 Å². The molecule has 0 aromatic heterocycles. The number of ether oxygens (including phenoxy) is 2. The van der Waals surface area contributed by atoms with Gasteiger partial charge < -0.3 is 19.7 Å². The lowest BCUT2D eigenvalue weighted by atomic mass is 10.0. The fourth-order valence-electron chi connectivity index (χ4n) is 3.98. The molecule has 3 rings (SSSR count). The van der Waals surface area contributed by atoms with E-state index in [1.165, 1.54) is 0 Å². The minimum absolute atomic E-state index is 0.00568. The molecule has 0 fully saturated rings. The maximum Gasteiger partial charge on any atom is 0.243 e. The summed E-state index contributed by atoms with van der Waals surface area (Å²) >= 11 is 0. The molecule has 1 N–H and O–H groups in total. The molecule has 2 amide bonds. The van der Waals surface area contributed by atoms with Gasteiger partial charge in [-0.05, 0) is 54.3 Å². The number of hydrogen-bond donors (Lipinski definition) is 1. The number of benzene rings is 3. The van der Waals surface area contributed by atoms with E-state index in [-0.39, 0.29) is 30.8 Å². The second-order valence-electron chi connectivity index (χ2n) is 8.92. The van der Waals surface area contributed by atoms with Gasteiger partial charge in [-0.3, -0.25) is 9.59 Å². The van der Waals surface area contributed by atoms with E-state index in [2.05, 4.69) is 5.32 Å². The summed E-state index contributed by atoms with van der Waals surface area (Å²) in [5.74, 6) is 1.16. The molecule has 0 saturated heterocycles. The predicted molar refractivity (Wildman–Crippen MR) is 142 cm³/mol. The predicted octanol–water partition coefficient (Wildman–Crippen LogP) is 4.80. The summed E-state index contributed by atoms with van der Waals surface area (Å²) in [6.07, 6.45) is 1.40. The first-order valence-electron chi connectivity index (χ1n) is 12.3. The maximum absolute atomic E-state index is 13.8. The maximum atomic E-state index is 13.8. The van der Waals surface area contributed by atoms with Gasteiger partial charge in [-0.1, -0.05) is 61.5 Å². The number of rotatable bonds is 12. The number of methoxy groups -OCH3 is 2. The first-order valence-corrected chi connectivity index (χ1v) is 12.3. The molecule has 0 saturated carbocycles. The molecule has 2 atom stereocenters. The van der Waals surface area contributed by atoms with Gasteiger partial charge in [0.25, 0.3) is 0 Å². The standard InChI is InChI=1S/C30H36N2O4/c1-5-22(2)31-30(34)28(19-23-10-7-6-8-11-23)32(21-25-12-9-13-27(18-25)36-4)29(33)20-24-14-16-26(35-3)17-15-24/h6-18,22,28H,5,19-21H2,1-4H3,(H,31,34)/t22-,28-/m0/s1. The fourth-order valence-corrected chi connectivity index (χ4v) is 3.98. The quantitative estimate of drug-likeness (QED) is 0.398. The van der Waals surface area contributed by atoms with Crippen molar-refractivity contribution in [1.29, 1.82) is 0 Å². The molecular weight excluding hydrogens is 452 g/mol. The zero-order valence-corrected chi connectivity index (χ0v) is 21.6. The van der Waals surface area contributed by atoms with Gasteiger partial charge in [-0.15, -0.1) is 0 Å². The summed E-state index contributed by atoms with van der Waals surface area (Å²) < 4.78 is 10.6. The van der Waals surface area contributed by atoms with Crippen molar-refractivity contribution in [1.82, 2.24) is 10.2 Å². The van der Waals surface area contributed by atoms with E-state index < -0.39 is 6.04 Å². The highest BCUT2D eigenvalue weighted by atomic mass is 16.5. The topological polar surface area (TPSA) is 67.9 Å². The molecule has 3 aromatic rings. The van der Waals surface area contributed by atoms with Gasteiger partial charge in [0, 0.05) is 19.0 Å². The summed E-state index contributed by atoms with van der Waals surface area (Å²) in [5, 5.41) is 3.10.